The number of hydrogen-bond donors (Lipinski definition) is 0. The Balaban J connectivity index is 1.56. The van der Waals surface area contributed by atoms with Gasteiger partial charge in [-0.2, -0.15) is 4.31 Å². The summed E-state index contributed by atoms with van der Waals surface area (Å²) in [6.45, 7) is 1.36. The van der Waals surface area contributed by atoms with Gasteiger partial charge in [-0.3, -0.25) is 4.79 Å². The first kappa shape index (κ1) is 19.7. The van der Waals surface area contributed by atoms with Crippen molar-refractivity contribution >= 4 is 27.6 Å². The van der Waals surface area contributed by atoms with Crippen LogP contribution in [0.15, 0.2) is 39.8 Å². The molecule has 0 bridgehead atoms. The molecule has 1 aromatic heterocycles. The van der Waals surface area contributed by atoms with Crippen LogP contribution in [-0.4, -0.2) is 51.3 Å². The highest BCUT2D eigenvalue weighted by Gasteiger charge is 2.32. The van der Waals surface area contributed by atoms with Gasteiger partial charge >= 0.3 is 5.97 Å². The molecule has 1 fully saturated rings. The van der Waals surface area contributed by atoms with Crippen LogP contribution in [0.3, 0.4) is 0 Å². The lowest BCUT2D eigenvalue weighted by Gasteiger charge is -2.24. The summed E-state index contributed by atoms with van der Waals surface area (Å²) in [6.07, 6.45) is 3.25. The van der Waals surface area contributed by atoms with Crippen molar-refractivity contribution in [3.05, 3.63) is 47.2 Å². The summed E-state index contributed by atoms with van der Waals surface area (Å²) in [5.41, 5.74) is 1.96. The lowest BCUT2D eigenvalue weighted by molar-refractivity contribution is 0.0600. The molecule has 0 saturated carbocycles. The lowest BCUT2D eigenvalue weighted by Crippen LogP contribution is -2.35. The number of furan rings is 1. The molecule has 154 valence electrons. The van der Waals surface area contributed by atoms with Crippen molar-refractivity contribution in [1.82, 2.24) is 4.31 Å². The molecule has 4 rings (SSSR count). The molecular formula is C20H22N2O6S. The second kappa shape index (κ2) is 7.64. The molecule has 1 amide bonds. The third kappa shape index (κ3) is 3.56. The average molecular weight is 418 g/mol. The summed E-state index contributed by atoms with van der Waals surface area (Å²) in [5, 5.41) is -0.205. The zero-order valence-corrected chi connectivity index (χ0v) is 16.9. The minimum absolute atomic E-state index is 0.0227. The van der Waals surface area contributed by atoms with Crippen LogP contribution in [0.2, 0.25) is 0 Å². The Hall–Kier alpha value is -2.65. The number of amides is 1. The van der Waals surface area contributed by atoms with Gasteiger partial charge in [0.15, 0.2) is 5.76 Å². The van der Waals surface area contributed by atoms with E-state index in [4.69, 9.17) is 9.15 Å². The first-order chi connectivity index (χ1) is 13.9. The van der Waals surface area contributed by atoms with Gasteiger partial charge in [-0.05, 0) is 55.2 Å². The van der Waals surface area contributed by atoms with Gasteiger partial charge in [0.25, 0.3) is 15.9 Å². The number of carbonyl (C=O) groups excluding carboxylic acids is 2. The maximum Gasteiger partial charge on any atom is 0.337 e. The van der Waals surface area contributed by atoms with E-state index in [1.165, 1.54) is 28.4 Å². The molecule has 29 heavy (non-hydrogen) atoms. The Morgan fingerprint density at radius 1 is 1.03 bits per heavy atom. The minimum atomic E-state index is -3.73. The van der Waals surface area contributed by atoms with Crippen molar-refractivity contribution in [2.75, 3.05) is 31.6 Å². The van der Waals surface area contributed by atoms with E-state index in [0.717, 1.165) is 24.8 Å². The quantitative estimate of drug-likeness (QED) is 0.708. The SMILES string of the molecule is COC(=O)c1ccc2c(c1)CCN2C(=O)c1ccc(S(=O)(=O)N2CCCCC2)o1. The zero-order chi connectivity index (χ0) is 20.6. The lowest BCUT2D eigenvalue weighted by atomic mass is 10.1. The number of benzene rings is 1. The van der Waals surface area contributed by atoms with E-state index in [2.05, 4.69) is 0 Å². The number of carbonyl (C=O) groups is 2. The Kier molecular flexibility index (Phi) is 5.18. The van der Waals surface area contributed by atoms with Gasteiger partial charge in [-0.15, -0.1) is 0 Å². The Morgan fingerprint density at radius 3 is 2.52 bits per heavy atom. The van der Waals surface area contributed by atoms with Crippen LogP contribution in [0, 0.1) is 0 Å². The average Bonchev–Trinajstić information content (AvgIpc) is 3.40. The molecule has 2 aromatic rings. The molecule has 3 heterocycles. The molecule has 0 spiro atoms. The van der Waals surface area contributed by atoms with Crippen LogP contribution < -0.4 is 4.90 Å². The zero-order valence-electron chi connectivity index (χ0n) is 16.1. The summed E-state index contributed by atoms with van der Waals surface area (Å²) in [5.74, 6) is -0.865. The molecule has 2 aliphatic heterocycles. The predicted octanol–water partition coefficient (Wildman–Crippen LogP) is 2.44. The van der Waals surface area contributed by atoms with Crippen molar-refractivity contribution in [2.24, 2.45) is 0 Å². The van der Waals surface area contributed by atoms with Crippen LogP contribution in [0.1, 0.15) is 45.7 Å². The van der Waals surface area contributed by atoms with Crippen molar-refractivity contribution in [1.29, 1.82) is 0 Å². The van der Waals surface area contributed by atoms with Gasteiger partial charge in [0.05, 0.1) is 12.7 Å². The topological polar surface area (TPSA) is 97.1 Å². The van der Waals surface area contributed by atoms with Gasteiger partial charge in [0.2, 0.25) is 5.09 Å². The van der Waals surface area contributed by atoms with Crippen LogP contribution in [0.25, 0.3) is 0 Å². The van der Waals surface area contributed by atoms with E-state index in [-0.39, 0.29) is 10.9 Å². The molecule has 8 nitrogen and oxygen atoms in total. The summed E-state index contributed by atoms with van der Waals surface area (Å²) < 4.78 is 37.1. The fraction of sp³-hybridized carbons (Fsp3) is 0.400. The molecule has 0 radical (unpaired) electrons. The first-order valence-electron chi connectivity index (χ1n) is 9.55. The summed E-state index contributed by atoms with van der Waals surface area (Å²) >= 11 is 0. The van der Waals surface area contributed by atoms with E-state index in [1.54, 1.807) is 18.2 Å². The Labute approximate surface area is 169 Å². The number of nitrogens with zero attached hydrogens (tertiary/aromatic N) is 2. The largest absolute Gasteiger partial charge is 0.465 e. The number of piperidine rings is 1. The molecular weight excluding hydrogens is 396 g/mol. The van der Waals surface area contributed by atoms with Crippen molar-refractivity contribution in [2.45, 2.75) is 30.8 Å². The molecule has 0 atom stereocenters. The standard InChI is InChI=1S/C20H22N2O6S/c1-27-20(24)15-5-6-16-14(13-15)9-12-22(16)19(23)17-7-8-18(28-17)29(25,26)21-10-3-2-4-11-21/h5-8,13H,2-4,9-12H2,1H3. The highest BCUT2D eigenvalue weighted by Crippen LogP contribution is 2.31. The van der Waals surface area contributed by atoms with E-state index in [1.807, 2.05) is 0 Å². The summed E-state index contributed by atoms with van der Waals surface area (Å²) in [7, 11) is -2.42. The van der Waals surface area contributed by atoms with Gasteiger partial charge in [0.1, 0.15) is 0 Å². The normalized spacial score (nSPS) is 17.2. The van der Waals surface area contributed by atoms with Crippen molar-refractivity contribution < 1.29 is 27.2 Å². The molecule has 2 aliphatic rings. The smallest absolute Gasteiger partial charge is 0.337 e. The predicted molar refractivity (Wildman–Crippen MR) is 104 cm³/mol. The number of hydrogen-bond acceptors (Lipinski definition) is 6. The van der Waals surface area contributed by atoms with Crippen LogP contribution in [0.4, 0.5) is 5.69 Å². The van der Waals surface area contributed by atoms with Crippen molar-refractivity contribution in [3.8, 4) is 0 Å². The molecule has 0 unspecified atom stereocenters. The van der Waals surface area contributed by atoms with Crippen LogP contribution in [0.5, 0.6) is 0 Å². The number of sulfonamides is 1. The van der Waals surface area contributed by atoms with E-state index >= 15 is 0 Å². The highest BCUT2D eigenvalue weighted by atomic mass is 32.2. The number of esters is 1. The van der Waals surface area contributed by atoms with Crippen LogP contribution >= 0.6 is 0 Å². The maximum atomic E-state index is 12.9. The highest BCUT2D eigenvalue weighted by molar-refractivity contribution is 7.89. The third-order valence-electron chi connectivity index (χ3n) is 5.34. The van der Waals surface area contributed by atoms with E-state index in [0.29, 0.717) is 37.3 Å². The van der Waals surface area contributed by atoms with E-state index in [9.17, 15) is 18.0 Å². The number of fused-ring (bicyclic) bond motifs is 1. The number of anilines is 1. The Morgan fingerprint density at radius 2 is 1.79 bits per heavy atom. The monoisotopic (exact) mass is 418 g/mol. The van der Waals surface area contributed by atoms with Gasteiger partial charge in [-0.1, -0.05) is 6.42 Å². The molecule has 9 heteroatoms. The summed E-state index contributed by atoms with van der Waals surface area (Å²) in [6, 6.07) is 7.75. The number of rotatable bonds is 4. The third-order valence-corrected chi connectivity index (χ3v) is 7.12. The first-order valence-corrected chi connectivity index (χ1v) is 11.0. The minimum Gasteiger partial charge on any atom is -0.465 e. The van der Waals surface area contributed by atoms with E-state index < -0.39 is 21.9 Å². The Bertz CT molecular complexity index is 1050. The molecule has 0 aliphatic carbocycles. The second-order valence-corrected chi connectivity index (χ2v) is 8.99. The second-order valence-electron chi connectivity index (χ2n) is 7.13. The molecule has 1 aromatic carbocycles. The fourth-order valence-corrected chi connectivity index (χ4v) is 5.23. The maximum absolute atomic E-state index is 12.9. The van der Waals surface area contributed by atoms with Crippen LogP contribution in [-0.2, 0) is 21.2 Å². The summed E-state index contributed by atoms with van der Waals surface area (Å²) in [4.78, 5) is 26.2. The number of methoxy groups -OCH3 is 1. The fourth-order valence-electron chi connectivity index (χ4n) is 3.80. The molecule has 1 saturated heterocycles. The van der Waals surface area contributed by atoms with Gasteiger partial charge in [0, 0.05) is 25.3 Å². The van der Waals surface area contributed by atoms with Gasteiger partial charge in [-0.25, -0.2) is 13.2 Å². The van der Waals surface area contributed by atoms with Gasteiger partial charge < -0.3 is 14.1 Å². The molecule has 0 N–H and O–H groups in total. The van der Waals surface area contributed by atoms with Crippen molar-refractivity contribution in [3.63, 3.8) is 0 Å². The number of ether oxygens (including phenoxy) is 1.